The highest BCUT2D eigenvalue weighted by molar-refractivity contribution is 5.94. The molecule has 0 saturated carbocycles. The number of carbonyl (C=O) groups excluding carboxylic acids is 1. The molecule has 0 radical (unpaired) electrons. The molecular weight excluding hydrogens is 442 g/mol. The number of amides is 1. The van der Waals surface area contributed by atoms with Crippen molar-refractivity contribution >= 4 is 5.91 Å². The number of benzene rings is 1. The molecule has 4 rings (SSSR count). The van der Waals surface area contributed by atoms with Crippen LogP contribution in [0.3, 0.4) is 0 Å². The molecule has 0 spiro atoms. The van der Waals surface area contributed by atoms with Crippen LogP contribution in [0.25, 0.3) is 0 Å². The van der Waals surface area contributed by atoms with Crippen molar-refractivity contribution in [2.75, 3.05) is 20.2 Å². The molecule has 2 aromatic heterocycles. The standard InChI is InChI=1S/C27H37N5O3/c1-18(2)12-24(28-27(33)21-14-19(3)13-20(4)15-21)26-30-29-25-8-9-31(10-11-32(25)26)16-22-6-7-23(35-22)17-34-5/h6-7,13-15,18,24H,8-12,16-17H2,1-5H3,(H,28,33). The Morgan fingerprint density at radius 1 is 1.09 bits per heavy atom. The summed E-state index contributed by atoms with van der Waals surface area (Å²) in [5.74, 6) is 3.92. The van der Waals surface area contributed by atoms with E-state index in [4.69, 9.17) is 9.15 Å². The minimum absolute atomic E-state index is 0.0697. The quantitative estimate of drug-likeness (QED) is 0.495. The lowest BCUT2D eigenvalue weighted by Gasteiger charge is -2.22. The highest BCUT2D eigenvalue weighted by Gasteiger charge is 2.26. The number of hydrogen-bond acceptors (Lipinski definition) is 6. The third-order valence-electron chi connectivity index (χ3n) is 6.34. The summed E-state index contributed by atoms with van der Waals surface area (Å²) in [6, 6.07) is 9.74. The number of carbonyl (C=O) groups is 1. The number of rotatable bonds is 9. The van der Waals surface area contributed by atoms with Gasteiger partial charge in [-0.1, -0.05) is 31.0 Å². The second kappa shape index (κ2) is 11.2. The fraction of sp³-hybridized carbons (Fsp3) is 0.519. The molecule has 0 aliphatic carbocycles. The second-order valence-electron chi connectivity index (χ2n) is 9.99. The molecule has 188 valence electrons. The van der Waals surface area contributed by atoms with Crippen molar-refractivity contribution in [1.29, 1.82) is 0 Å². The summed E-state index contributed by atoms with van der Waals surface area (Å²) < 4.78 is 13.2. The van der Waals surface area contributed by atoms with E-state index in [1.165, 1.54) is 0 Å². The van der Waals surface area contributed by atoms with E-state index in [9.17, 15) is 4.79 Å². The molecule has 1 aromatic carbocycles. The van der Waals surface area contributed by atoms with Crippen LogP contribution in [0.2, 0.25) is 0 Å². The van der Waals surface area contributed by atoms with Crippen LogP contribution in [0, 0.1) is 19.8 Å². The highest BCUT2D eigenvalue weighted by atomic mass is 16.5. The molecule has 1 amide bonds. The molecule has 8 heteroatoms. The van der Waals surface area contributed by atoms with E-state index in [2.05, 4.69) is 44.9 Å². The van der Waals surface area contributed by atoms with Crippen LogP contribution >= 0.6 is 0 Å². The molecule has 1 aliphatic rings. The maximum atomic E-state index is 13.2. The Balaban J connectivity index is 1.48. The Labute approximate surface area is 207 Å². The summed E-state index contributed by atoms with van der Waals surface area (Å²) in [6.07, 6.45) is 1.60. The third kappa shape index (κ3) is 6.38. The summed E-state index contributed by atoms with van der Waals surface area (Å²) in [5, 5.41) is 12.3. The van der Waals surface area contributed by atoms with Crippen molar-refractivity contribution in [3.05, 3.63) is 70.2 Å². The van der Waals surface area contributed by atoms with Gasteiger partial charge in [0.15, 0.2) is 5.82 Å². The van der Waals surface area contributed by atoms with Gasteiger partial charge in [0, 0.05) is 38.7 Å². The number of methoxy groups -OCH3 is 1. The Morgan fingerprint density at radius 3 is 2.54 bits per heavy atom. The van der Waals surface area contributed by atoms with E-state index >= 15 is 0 Å². The first-order valence-electron chi connectivity index (χ1n) is 12.4. The van der Waals surface area contributed by atoms with Gasteiger partial charge in [-0.2, -0.15) is 0 Å². The molecule has 1 unspecified atom stereocenters. The molecule has 0 saturated heterocycles. The minimum atomic E-state index is -0.196. The van der Waals surface area contributed by atoms with Gasteiger partial charge in [-0.3, -0.25) is 9.69 Å². The van der Waals surface area contributed by atoms with Gasteiger partial charge in [-0.05, 0) is 50.5 Å². The van der Waals surface area contributed by atoms with E-state index in [1.54, 1.807) is 7.11 Å². The van der Waals surface area contributed by atoms with E-state index in [0.717, 1.165) is 73.3 Å². The molecule has 1 aliphatic heterocycles. The van der Waals surface area contributed by atoms with Crippen LogP contribution in [-0.2, 0) is 30.9 Å². The summed E-state index contributed by atoms with van der Waals surface area (Å²) in [7, 11) is 1.67. The lowest BCUT2D eigenvalue weighted by Crippen LogP contribution is -2.32. The van der Waals surface area contributed by atoms with Gasteiger partial charge < -0.3 is 19.0 Å². The van der Waals surface area contributed by atoms with Crippen molar-refractivity contribution < 1.29 is 13.9 Å². The summed E-state index contributed by atoms with van der Waals surface area (Å²) in [5.41, 5.74) is 2.85. The fourth-order valence-electron chi connectivity index (χ4n) is 4.80. The third-order valence-corrected chi connectivity index (χ3v) is 6.34. The molecule has 1 atom stereocenters. The molecule has 1 N–H and O–H groups in total. The first kappa shape index (κ1) is 25.1. The van der Waals surface area contributed by atoms with Crippen LogP contribution in [0.15, 0.2) is 34.7 Å². The monoisotopic (exact) mass is 479 g/mol. The molecule has 0 fully saturated rings. The van der Waals surface area contributed by atoms with E-state index in [-0.39, 0.29) is 11.9 Å². The molecule has 3 aromatic rings. The van der Waals surface area contributed by atoms with Gasteiger partial charge in [0.25, 0.3) is 5.91 Å². The van der Waals surface area contributed by atoms with E-state index < -0.39 is 0 Å². The number of nitrogens with one attached hydrogen (secondary N) is 1. The van der Waals surface area contributed by atoms with Crippen molar-refractivity contribution in [2.45, 2.75) is 66.3 Å². The van der Waals surface area contributed by atoms with Gasteiger partial charge in [0.1, 0.15) is 24.0 Å². The number of aromatic nitrogens is 3. The summed E-state index contributed by atoms with van der Waals surface area (Å²) in [4.78, 5) is 15.6. The number of furan rings is 1. The molecule has 0 bridgehead atoms. The minimum Gasteiger partial charge on any atom is -0.462 e. The fourth-order valence-corrected chi connectivity index (χ4v) is 4.80. The van der Waals surface area contributed by atoms with Crippen molar-refractivity contribution in [3.63, 3.8) is 0 Å². The maximum Gasteiger partial charge on any atom is 0.251 e. The normalized spacial score (nSPS) is 15.1. The molecular formula is C27H37N5O3. The predicted octanol–water partition coefficient (Wildman–Crippen LogP) is 4.21. The first-order valence-corrected chi connectivity index (χ1v) is 12.4. The van der Waals surface area contributed by atoms with Crippen LogP contribution in [0.5, 0.6) is 0 Å². The van der Waals surface area contributed by atoms with Gasteiger partial charge in [0.05, 0.1) is 12.6 Å². The Hall–Kier alpha value is -2.97. The van der Waals surface area contributed by atoms with E-state index in [1.807, 2.05) is 38.1 Å². The number of hydrogen-bond donors (Lipinski definition) is 1. The maximum absolute atomic E-state index is 13.2. The zero-order valence-electron chi connectivity index (χ0n) is 21.5. The number of aryl methyl sites for hydroxylation is 2. The Kier molecular flexibility index (Phi) is 8.03. The largest absolute Gasteiger partial charge is 0.462 e. The topological polar surface area (TPSA) is 85.4 Å². The lowest BCUT2D eigenvalue weighted by molar-refractivity contribution is 0.0928. The Bertz CT molecular complexity index is 1130. The number of ether oxygens (including phenoxy) is 1. The zero-order chi connectivity index (χ0) is 24.9. The SMILES string of the molecule is COCc1ccc(CN2CCc3nnc(C(CC(C)C)NC(=O)c4cc(C)cc(C)c4)n3CC2)o1. The average Bonchev–Trinajstić information content (AvgIpc) is 3.35. The number of fused-ring (bicyclic) bond motifs is 1. The average molecular weight is 480 g/mol. The second-order valence-corrected chi connectivity index (χ2v) is 9.99. The van der Waals surface area contributed by atoms with Gasteiger partial charge in [-0.25, -0.2) is 0 Å². The lowest BCUT2D eigenvalue weighted by atomic mass is 10.0. The zero-order valence-corrected chi connectivity index (χ0v) is 21.5. The van der Waals surface area contributed by atoms with Crippen LogP contribution in [-0.4, -0.2) is 45.8 Å². The Morgan fingerprint density at radius 2 is 1.83 bits per heavy atom. The first-order chi connectivity index (χ1) is 16.8. The van der Waals surface area contributed by atoms with Gasteiger partial charge >= 0.3 is 0 Å². The molecule has 35 heavy (non-hydrogen) atoms. The van der Waals surface area contributed by atoms with Gasteiger partial charge in [0.2, 0.25) is 0 Å². The van der Waals surface area contributed by atoms with Crippen LogP contribution < -0.4 is 5.32 Å². The van der Waals surface area contributed by atoms with Crippen LogP contribution in [0.1, 0.15) is 71.0 Å². The van der Waals surface area contributed by atoms with Crippen LogP contribution in [0.4, 0.5) is 0 Å². The highest BCUT2D eigenvalue weighted by Crippen LogP contribution is 2.24. The van der Waals surface area contributed by atoms with Crippen molar-refractivity contribution in [2.24, 2.45) is 5.92 Å². The molecule has 3 heterocycles. The van der Waals surface area contributed by atoms with Gasteiger partial charge in [-0.15, -0.1) is 10.2 Å². The van der Waals surface area contributed by atoms with E-state index in [0.29, 0.717) is 18.1 Å². The number of nitrogens with zero attached hydrogens (tertiary/aromatic N) is 4. The van der Waals surface area contributed by atoms with Crippen molar-refractivity contribution in [3.8, 4) is 0 Å². The summed E-state index contributed by atoms with van der Waals surface area (Å²) in [6.45, 7) is 12.1. The van der Waals surface area contributed by atoms with Crippen molar-refractivity contribution in [1.82, 2.24) is 25.0 Å². The predicted molar refractivity (Wildman–Crippen MR) is 134 cm³/mol. The smallest absolute Gasteiger partial charge is 0.251 e. The molecule has 8 nitrogen and oxygen atoms in total. The summed E-state index contributed by atoms with van der Waals surface area (Å²) >= 11 is 0.